The third-order valence-corrected chi connectivity index (χ3v) is 4.17. The number of anilines is 2. The second kappa shape index (κ2) is 8.56. The molecule has 1 fully saturated rings. The number of carbonyl (C=O) groups excluding carboxylic acids is 2. The molecule has 0 bridgehead atoms. The van der Waals surface area contributed by atoms with Crippen LogP contribution >= 0.6 is 0 Å². The molecule has 23 heavy (non-hydrogen) atoms. The molecule has 5 nitrogen and oxygen atoms in total. The lowest BCUT2D eigenvalue weighted by atomic mass is 10.2. The summed E-state index contributed by atoms with van der Waals surface area (Å²) in [7, 11) is 0. The van der Waals surface area contributed by atoms with Crippen molar-refractivity contribution in [3.8, 4) is 0 Å². The minimum absolute atomic E-state index is 0.0228. The van der Waals surface area contributed by atoms with Crippen molar-refractivity contribution in [3.05, 3.63) is 24.3 Å². The Morgan fingerprint density at radius 2 is 1.78 bits per heavy atom. The summed E-state index contributed by atoms with van der Waals surface area (Å²) in [4.78, 5) is 27.6. The van der Waals surface area contributed by atoms with Crippen LogP contribution in [-0.4, -0.2) is 42.9 Å². The first-order valence-electron chi connectivity index (χ1n) is 8.50. The number of amides is 2. The zero-order valence-corrected chi connectivity index (χ0v) is 14.2. The predicted octanol–water partition coefficient (Wildman–Crippen LogP) is 2.87. The molecule has 0 aliphatic carbocycles. The minimum atomic E-state index is -0.0544. The number of nitrogens with one attached hydrogen (secondary N) is 1. The first kappa shape index (κ1) is 17.3. The summed E-state index contributed by atoms with van der Waals surface area (Å²) in [6.45, 7) is 6.98. The van der Waals surface area contributed by atoms with Crippen molar-refractivity contribution in [1.82, 2.24) is 4.90 Å². The van der Waals surface area contributed by atoms with Gasteiger partial charge in [-0.25, -0.2) is 0 Å². The van der Waals surface area contributed by atoms with Crippen molar-refractivity contribution >= 4 is 23.2 Å². The molecule has 126 valence electrons. The Bertz CT molecular complexity index is 522. The maximum atomic E-state index is 12.0. The summed E-state index contributed by atoms with van der Waals surface area (Å²) >= 11 is 0. The Balaban J connectivity index is 1.81. The van der Waals surface area contributed by atoms with Crippen molar-refractivity contribution in [2.24, 2.45) is 0 Å². The molecule has 1 N–H and O–H groups in total. The van der Waals surface area contributed by atoms with Gasteiger partial charge in [-0.05, 0) is 43.5 Å². The van der Waals surface area contributed by atoms with Gasteiger partial charge in [-0.1, -0.05) is 6.92 Å². The number of hydrogen-bond acceptors (Lipinski definition) is 3. The third kappa shape index (κ3) is 5.27. The van der Waals surface area contributed by atoms with E-state index in [1.807, 2.05) is 19.1 Å². The molecule has 0 radical (unpaired) electrons. The van der Waals surface area contributed by atoms with E-state index in [0.717, 1.165) is 25.2 Å². The van der Waals surface area contributed by atoms with Gasteiger partial charge in [0.15, 0.2) is 0 Å². The van der Waals surface area contributed by atoms with Crippen molar-refractivity contribution in [2.75, 3.05) is 36.4 Å². The minimum Gasteiger partial charge on any atom is -0.372 e. The molecule has 0 atom stereocenters. The van der Waals surface area contributed by atoms with Gasteiger partial charge < -0.3 is 15.1 Å². The van der Waals surface area contributed by atoms with Crippen LogP contribution < -0.4 is 10.2 Å². The highest BCUT2D eigenvalue weighted by atomic mass is 16.2. The average Bonchev–Trinajstić information content (AvgIpc) is 3.06. The Morgan fingerprint density at radius 3 is 2.35 bits per heavy atom. The van der Waals surface area contributed by atoms with Crippen LogP contribution in [0.4, 0.5) is 11.4 Å². The van der Waals surface area contributed by atoms with E-state index in [9.17, 15) is 9.59 Å². The number of benzene rings is 1. The fourth-order valence-corrected chi connectivity index (χ4v) is 2.89. The van der Waals surface area contributed by atoms with Crippen molar-refractivity contribution in [2.45, 2.75) is 39.5 Å². The highest BCUT2D eigenvalue weighted by Crippen LogP contribution is 2.22. The van der Waals surface area contributed by atoms with Crippen molar-refractivity contribution < 1.29 is 9.59 Å². The van der Waals surface area contributed by atoms with E-state index in [1.54, 1.807) is 11.8 Å². The summed E-state index contributed by atoms with van der Waals surface area (Å²) in [6.07, 6.45) is 3.73. The number of nitrogens with zero attached hydrogens (tertiary/aromatic N) is 2. The maximum absolute atomic E-state index is 12.0. The largest absolute Gasteiger partial charge is 0.372 e. The Morgan fingerprint density at radius 1 is 1.13 bits per heavy atom. The van der Waals surface area contributed by atoms with Crippen LogP contribution in [0.25, 0.3) is 0 Å². The summed E-state index contributed by atoms with van der Waals surface area (Å²) in [6, 6.07) is 8.00. The second-order valence-corrected chi connectivity index (χ2v) is 6.05. The zero-order chi connectivity index (χ0) is 16.7. The molecule has 0 spiro atoms. The average molecular weight is 317 g/mol. The topological polar surface area (TPSA) is 52.7 Å². The van der Waals surface area contributed by atoms with Gasteiger partial charge in [0.2, 0.25) is 11.8 Å². The predicted molar refractivity (Wildman–Crippen MR) is 93.7 cm³/mol. The highest BCUT2D eigenvalue weighted by molar-refractivity contribution is 5.91. The second-order valence-electron chi connectivity index (χ2n) is 6.05. The van der Waals surface area contributed by atoms with Gasteiger partial charge >= 0.3 is 0 Å². The fraction of sp³-hybridized carbons (Fsp3) is 0.556. The van der Waals surface area contributed by atoms with Gasteiger partial charge in [-0.2, -0.15) is 0 Å². The normalized spacial score (nSPS) is 13.9. The van der Waals surface area contributed by atoms with Crippen LogP contribution in [0.15, 0.2) is 24.3 Å². The molecule has 2 rings (SSSR count). The van der Waals surface area contributed by atoms with Crippen molar-refractivity contribution in [1.29, 1.82) is 0 Å². The first-order chi connectivity index (χ1) is 11.1. The fourth-order valence-electron chi connectivity index (χ4n) is 2.89. The Kier molecular flexibility index (Phi) is 6.44. The van der Waals surface area contributed by atoms with Crippen LogP contribution in [0.3, 0.4) is 0 Å². The lowest BCUT2D eigenvalue weighted by molar-refractivity contribution is -0.129. The van der Waals surface area contributed by atoms with Gasteiger partial charge in [-0.3, -0.25) is 9.59 Å². The molecule has 1 heterocycles. The first-order valence-corrected chi connectivity index (χ1v) is 8.50. The number of carbonyl (C=O) groups is 2. The monoisotopic (exact) mass is 317 g/mol. The lowest BCUT2D eigenvalue weighted by Crippen LogP contribution is -2.32. The summed E-state index contributed by atoms with van der Waals surface area (Å²) < 4.78 is 0. The molecule has 0 aromatic heterocycles. The molecule has 0 saturated carbocycles. The SMILES string of the molecule is CCCN(CCC(=O)Nc1ccc(N2CCCC2)cc1)C(C)=O. The molecule has 1 saturated heterocycles. The third-order valence-electron chi connectivity index (χ3n) is 4.17. The van der Waals surface area contributed by atoms with Crippen molar-refractivity contribution in [3.63, 3.8) is 0 Å². The number of rotatable bonds is 7. The molecular weight excluding hydrogens is 290 g/mol. The smallest absolute Gasteiger partial charge is 0.226 e. The van der Waals surface area contributed by atoms with E-state index in [1.165, 1.54) is 18.5 Å². The van der Waals surface area contributed by atoms with Gasteiger partial charge in [0, 0.05) is 50.9 Å². The van der Waals surface area contributed by atoms with Crippen LogP contribution in [0.1, 0.15) is 39.5 Å². The summed E-state index contributed by atoms with van der Waals surface area (Å²) in [5.41, 5.74) is 2.02. The molecule has 5 heteroatoms. The quantitative estimate of drug-likeness (QED) is 0.841. The Labute approximate surface area is 138 Å². The van der Waals surface area contributed by atoms with Gasteiger partial charge in [0.1, 0.15) is 0 Å². The molecule has 1 aliphatic heterocycles. The van der Waals surface area contributed by atoms with E-state index >= 15 is 0 Å². The van der Waals surface area contributed by atoms with E-state index in [2.05, 4.69) is 22.3 Å². The lowest BCUT2D eigenvalue weighted by Gasteiger charge is -2.20. The molecule has 1 aromatic rings. The molecule has 0 unspecified atom stereocenters. The molecule has 1 aromatic carbocycles. The van der Waals surface area contributed by atoms with Gasteiger partial charge in [0.05, 0.1) is 0 Å². The Hall–Kier alpha value is -2.04. The highest BCUT2D eigenvalue weighted by Gasteiger charge is 2.13. The van der Waals surface area contributed by atoms with E-state index in [-0.39, 0.29) is 11.8 Å². The van der Waals surface area contributed by atoms with E-state index in [4.69, 9.17) is 0 Å². The zero-order valence-electron chi connectivity index (χ0n) is 14.2. The summed E-state index contributed by atoms with van der Waals surface area (Å²) in [5, 5.41) is 2.90. The van der Waals surface area contributed by atoms with Gasteiger partial charge in [0.25, 0.3) is 0 Å². The molecule has 2 amide bonds. The maximum Gasteiger partial charge on any atom is 0.226 e. The molecular formula is C18H27N3O2. The van der Waals surface area contributed by atoms with Crippen LogP contribution in [0, 0.1) is 0 Å². The standard InChI is InChI=1S/C18H27N3O2/c1-3-11-20(15(2)22)14-10-18(23)19-16-6-8-17(9-7-16)21-12-4-5-13-21/h6-9H,3-5,10-14H2,1-2H3,(H,19,23). The van der Waals surface area contributed by atoms with E-state index < -0.39 is 0 Å². The number of hydrogen-bond donors (Lipinski definition) is 1. The van der Waals surface area contributed by atoms with Gasteiger partial charge in [-0.15, -0.1) is 0 Å². The summed E-state index contributed by atoms with van der Waals surface area (Å²) in [5.74, 6) is -0.0316. The van der Waals surface area contributed by atoms with Crippen LogP contribution in [-0.2, 0) is 9.59 Å². The molecule has 1 aliphatic rings. The van der Waals surface area contributed by atoms with E-state index in [0.29, 0.717) is 19.5 Å². The van der Waals surface area contributed by atoms with Crippen LogP contribution in [0.5, 0.6) is 0 Å². The van der Waals surface area contributed by atoms with Crippen LogP contribution in [0.2, 0.25) is 0 Å².